The lowest BCUT2D eigenvalue weighted by Gasteiger charge is -2.47. The van der Waals surface area contributed by atoms with Crippen LogP contribution in [0.3, 0.4) is 0 Å². The van der Waals surface area contributed by atoms with Gasteiger partial charge in [-0.25, -0.2) is 9.97 Å². The number of anilines is 2. The number of piperazine rings is 1. The van der Waals surface area contributed by atoms with Gasteiger partial charge in [0.25, 0.3) is 5.91 Å². The van der Waals surface area contributed by atoms with Crippen LogP contribution in [0.4, 0.5) is 11.6 Å². The van der Waals surface area contributed by atoms with E-state index in [1.165, 1.54) is 11.1 Å². The van der Waals surface area contributed by atoms with Gasteiger partial charge in [0.1, 0.15) is 12.4 Å². The lowest BCUT2D eigenvalue weighted by atomic mass is 9.97. The third-order valence-corrected chi connectivity index (χ3v) is 8.22. The van der Waals surface area contributed by atoms with Crippen LogP contribution in [-0.4, -0.2) is 109 Å². The van der Waals surface area contributed by atoms with Gasteiger partial charge in [0.15, 0.2) is 22.5 Å². The molecule has 2 fully saturated rings. The second-order valence-corrected chi connectivity index (χ2v) is 11.1. The molecule has 0 aliphatic carbocycles. The van der Waals surface area contributed by atoms with Crippen LogP contribution in [0.5, 0.6) is 5.75 Å². The summed E-state index contributed by atoms with van der Waals surface area (Å²) in [5.41, 5.74) is 8.48. The number of nitrogens with one attached hydrogen (secondary N) is 1. The van der Waals surface area contributed by atoms with Crippen LogP contribution < -0.4 is 20.7 Å². The van der Waals surface area contributed by atoms with Gasteiger partial charge in [-0.2, -0.15) is 0 Å². The molecule has 2 aromatic rings. The van der Waals surface area contributed by atoms with Crippen LogP contribution in [0.15, 0.2) is 18.2 Å². The number of benzene rings is 1. The average molecular weight is 590 g/mol. The average Bonchev–Trinajstić information content (AvgIpc) is 2.98. The number of nitrogen functional groups attached to an aromatic ring is 1. The Bertz CT molecular complexity index is 1160. The molecule has 2 aliphatic heterocycles. The van der Waals surface area contributed by atoms with E-state index in [9.17, 15) is 4.79 Å². The van der Waals surface area contributed by atoms with E-state index in [4.69, 9.17) is 31.9 Å². The molecule has 2 aliphatic rings. The Balaban J connectivity index is 1.34. The first-order valence-electron chi connectivity index (χ1n) is 14.5. The van der Waals surface area contributed by atoms with E-state index in [1.54, 1.807) is 7.11 Å². The van der Waals surface area contributed by atoms with Crippen molar-refractivity contribution in [2.24, 2.45) is 0 Å². The number of halogens is 1. The highest BCUT2D eigenvalue weighted by Crippen LogP contribution is 2.30. The monoisotopic (exact) mass is 589 g/mol. The number of nitrogens with zero attached hydrogens (tertiary/aromatic N) is 5. The van der Waals surface area contributed by atoms with Crippen LogP contribution in [0, 0.1) is 6.92 Å². The molecule has 41 heavy (non-hydrogen) atoms. The van der Waals surface area contributed by atoms with Crippen molar-refractivity contribution >= 4 is 29.1 Å². The number of methoxy groups -OCH3 is 1. The third kappa shape index (κ3) is 7.98. The van der Waals surface area contributed by atoms with Crippen LogP contribution >= 0.6 is 11.6 Å². The SMILES string of the molecule is CC[C@H]1CN(c2nc(N)c(C(=O)NCCO)nc2Cl)CCN1C1CCN(Cc2ccc(C)cc2OCCOC)CC1. The van der Waals surface area contributed by atoms with E-state index in [1.807, 2.05) is 0 Å². The number of likely N-dealkylation sites (tertiary alicyclic amines) is 1. The van der Waals surface area contributed by atoms with Crippen molar-refractivity contribution in [1.29, 1.82) is 0 Å². The number of aromatic nitrogens is 2. The fourth-order valence-corrected chi connectivity index (χ4v) is 6.00. The predicted octanol–water partition coefficient (Wildman–Crippen LogP) is 2.33. The number of carbonyl (C=O) groups excluding carboxylic acids is 1. The summed E-state index contributed by atoms with van der Waals surface area (Å²) in [6.45, 7) is 10.7. The smallest absolute Gasteiger partial charge is 0.273 e. The van der Waals surface area contributed by atoms with Gasteiger partial charge < -0.3 is 30.5 Å². The van der Waals surface area contributed by atoms with E-state index < -0.39 is 5.91 Å². The number of aliphatic hydroxyl groups excluding tert-OH is 1. The van der Waals surface area contributed by atoms with Crippen LogP contribution in [0.1, 0.15) is 47.8 Å². The molecule has 4 rings (SSSR count). The van der Waals surface area contributed by atoms with Gasteiger partial charge in [0.2, 0.25) is 0 Å². The Morgan fingerprint density at radius 1 is 1.20 bits per heavy atom. The topological polar surface area (TPSA) is 129 Å². The zero-order chi connectivity index (χ0) is 29.4. The number of rotatable bonds is 12. The number of amides is 1. The van der Waals surface area contributed by atoms with E-state index >= 15 is 0 Å². The third-order valence-electron chi connectivity index (χ3n) is 7.96. The fourth-order valence-electron chi connectivity index (χ4n) is 5.76. The van der Waals surface area contributed by atoms with E-state index in [-0.39, 0.29) is 29.8 Å². The minimum absolute atomic E-state index is 0.0241. The molecular weight excluding hydrogens is 546 g/mol. The Labute approximate surface area is 248 Å². The number of piperidine rings is 1. The summed E-state index contributed by atoms with van der Waals surface area (Å²) in [5.74, 6) is 0.991. The Kier molecular flexibility index (Phi) is 11.4. The van der Waals surface area contributed by atoms with Crippen molar-refractivity contribution in [1.82, 2.24) is 25.1 Å². The molecule has 1 aromatic heterocycles. The van der Waals surface area contributed by atoms with Gasteiger partial charge in [0.05, 0.1) is 13.2 Å². The van der Waals surface area contributed by atoms with Crippen molar-refractivity contribution in [3.63, 3.8) is 0 Å². The highest BCUT2D eigenvalue weighted by Gasteiger charge is 2.34. The van der Waals surface area contributed by atoms with E-state index in [2.05, 4.69) is 62.0 Å². The number of carbonyl (C=O) groups is 1. The van der Waals surface area contributed by atoms with Crippen LogP contribution in [0.25, 0.3) is 0 Å². The molecule has 2 saturated heterocycles. The molecule has 0 radical (unpaired) electrons. The minimum Gasteiger partial charge on any atom is -0.491 e. The van der Waals surface area contributed by atoms with Gasteiger partial charge >= 0.3 is 0 Å². The minimum atomic E-state index is -0.502. The summed E-state index contributed by atoms with van der Waals surface area (Å²) < 4.78 is 11.2. The summed E-state index contributed by atoms with van der Waals surface area (Å²) in [5, 5.41) is 11.7. The zero-order valence-corrected chi connectivity index (χ0v) is 25.2. The van der Waals surface area contributed by atoms with Crippen molar-refractivity contribution in [3.05, 3.63) is 40.2 Å². The molecule has 0 bridgehead atoms. The maximum absolute atomic E-state index is 12.3. The molecule has 1 aromatic carbocycles. The van der Waals surface area contributed by atoms with Crippen molar-refractivity contribution in [2.75, 3.05) is 76.8 Å². The summed E-state index contributed by atoms with van der Waals surface area (Å²) in [6.07, 6.45) is 3.24. The Hall–Kier alpha value is -2.70. The van der Waals surface area contributed by atoms with Crippen molar-refractivity contribution < 1.29 is 19.4 Å². The number of hydrogen-bond acceptors (Lipinski definition) is 10. The van der Waals surface area contributed by atoms with Gasteiger partial charge in [-0.3, -0.25) is 14.6 Å². The highest BCUT2D eigenvalue weighted by atomic mass is 35.5. The highest BCUT2D eigenvalue weighted by molar-refractivity contribution is 6.32. The zero-order valence-electron chi connectivity index (χ0n) is 24.4. The first-order valence-corrected chi connectivity index (χ1v) is 14.9. The molecular formula is C29H44ClN7O4. The number of nitrogens with two attached hydrogens (primary N) is 1. The maximum atomic E-state index is 12.3. The molecule has 11 nitrogen and oxygen atoms in total. The second kappa shape index (κ2) is 15.0. The first-order chi connectivity index (χ1) is 19.8. The normalized spacial score (nSPS) is 19.0. The number of aryl methyl sites for hydroxylation is 1. The van der Waals surface area contributed by atoms with Gasteiger partial charge in [-0.05, 0) is 50.9 Å². The molecule has 226 valence electrons. The first kappa shape index (κ1) is 31.2. The second-order valence-electron chi connectivity index (χ2n) is 10.8. The number of aliphatic hydroxyl groups is 1. The molecule has 3 heterocycles. The van der Waals surface area contributed by atoms with Gasteiger partial charge in [-0.1, -0.05) is 30.7 Å². The molecule has 1 amide bonds. The molecule has 0 spiro atoms. The number of hydrogen-bond donors (Lipinski definition) is 3. The predicted molar refractivity (Wildman–Crippen MR) is 161 cm³/mol. The summed E-state index contributed by atoms with van der Waals surface area (Å²) in [4.78, 5) is 28.3. The van der Waals surface area contributed by atoms with E-state index in [0.29, 0.717) is 31.1 Å². The maximum Gasteiger partial charge on any atom is 0.273 e. The quantitative estimate of drug-likeness (QED) is 0.317. The molecule has 12 heteroatoms. The summed E-state index contributed by atoms with van der Waals surface area (Å²) in [7, 11) is 1.69. The molecule has 0 unspecified atom stereocenters. The van der Waals surface area contributed by atoms with Crippen molar-refractivity contribution in [3.8, 4) is 5.75 Å². The molecule has 1 atom stereocenters. The molecule has 4 N–H and O–H groups in total. The van der Waals surface area contributed by atoms with E-state index in [0.717, 1.165) is 64.3 Å². The largest absolute Gasteiger partial charge is 0.491 e. The van der Waals surface area contributed by atoms with Gasteiger partial charge in [0, 0.05) is 57.5 Å². The summed E-state index contributed by atoms with van der Waals surface area (Å²) >= 11 is 6.49. The number of ether oxygens (including phenoxy) is 2. The molecule has 0 saturated carbocycles. The standard InChI is InChI=1S/C29H44ClN7O4/c1-4-22-19-36(28-26(30)33-25(27(31)34-28)29(39)32-9-14-38)12-13-37(22)23-7-10-35(11-8-23)18-21-6-5-20(2)17-24(21)41-16-15-40-3/h5-6,17,22-23,38H,4,7-16,18-19H2,1-3H3,(H2,31,34)(H,32,39)/t22-/m0/s1. The Morgan fingerprint density at radius 3 is 2.68 bits per heavy atom. The lowest BCUT2D eigenvalue weighted by Crippen LogP contribution is -2.58. The van der Waals surface area contributed by atoms with Gasteiger partial charge in [-0.15, -0.1) is 0 Å². The lowest BCUT2D eigenvalue weighted by molar-refractivity contribution is 0.0606. The van der Waals surface area contributed by atoms with Crippen molar-refractivity contribution in [2.45, 2.75) is 51.7 Å². The van der Waals surface area contributed by atoms with Crippen LogP contribution in [-0.2, 0) is 11.3 Å². The fraction of sp³-hybridized carbons (Fsp3) is 0.621. The van der Waals surface area contributed by atoms with Crippen LogP contribution in [0.2, 0.25) is 5.15 Å². The summed E-state index contributed by atoms with van der Waals surface area (Å²) in [6, 6.07) is 7.33. The Morgan fingerprint density at radius 2 is 1.98 bits per heavy atom.